The first-order valence-electron chi connectivity index (χ1n) is 4.83. The van der Waals surface area contributed by atoms with Gasteiger partial charge in [0.1, 0.15) is 0 Å². The standard InChI is InChI=1S/C12H18O2/c1-10-4-6-11(7-5-10)8-14-9-12(2,3)13/h4-7,13H,8-9H2,1-3H3. The summed E-state index contributed by atoms with van der Waals surface area (Å²) >= 11 is 0. The van der Waals surface area contributed by atoms with E-state index in [1.54, 1.807) is 13.8 Å². The molecule has 1 aromatic carbocycles. The van der Waals surface area contributed by atoms with E-state index in [1.165, 1.54) is 5.56 Å². The second-order valence-corrected chi connectivity index (χ2v) is 4.29. The molecule has 1 rings (SSSR count). The van der Waals surface area contributed by atoms with Crippen LogP contribution in [0.25, 0.3) is 0 Å². The Morgan fingerprint density at radius 3 is 2.29 bits per heavy atom. The lowest BCUT2D eigenvalue weighted by molar-refractivity contribution is -0.0268. The van der Waals surface area contributed by atoms with Gasteiger partial charge in [0, 0.05) is 0 Å². The minimum Gasteiger partial charge on any atom is -0.388 e. The third kappa shape index (κ3) is 4.40. The normalized spacial score (nSPS) is 11.7. The Labute approximate surface area is 85.5 Å². The summed E-state index contributed by atoms with van der Waals surface area (Å²) in [5, 5.41) is 9.41. The van der Waals surface area contributed by atoms with Crippen molar-refractivity contribution in [1.29, 1.82) is 0 Å². The van der Waals surface area contributed by atoms with Crippen LogP contribution in [-0.2, 0) is 11.3 Å². The molecular weight excluding hydrogens is 176 g/mol. The van der Waals surface area contributed by atoms with Crippen LogP contribution in [0.4, 0.5) is 0 Å². The van der Waals surface area contributed by atoms with Crippen LogP contribution in [0.5, 0.6) is 0 Å². The van der Waals surface area contributed by atoms with Gasteiger partial charge in [-0.3, -0.25) is 0 Å². The van der Waals surface area contributed by atoms with Gasteiger partial charge in [0.05, 0.1) is 18.8 Å². The first-order valence-corrected chi connectivity index (χ1v) is 4.83. The smallest absolute Gasteiger partial charge is 0.0824 e. The Balaban J connectivity index is 2.35. The van der Waals surface area contributed by atoms with Crippen molar-refractivity contribution in [2.75, 3.05) is 6.61 Å². The molecule has 78 valence electrons. The Morgan fingerprint density at radius 2 is 1.79 bits per heavy atom. The summed E-state index contributed by atoms with van der Waals surface area (Å²) < 4.78 is 5.37. The molecule has 2 nitrogen and oxygen atoms in total. The number of hydrogen-bond donors (Lipinski definition) is 1. The average molecular weight is 194 g/mol. The van der Waals surface area contributed by atoms with Gasteiger partial charge in [0.25, 0.3) is 0 Å². The number of rotatable bonds is 4. The van der Waals surface area contributed by atoms with Gasteiger partial charge in [-0.2, -0.15) is 0 Å². The van der Waals surface area contributed by atoms with Crippen molar-refractivity contribution in [2.24, 2.45) is 0 Å². The highest BCUT2D eigenvalue weighted by atomic mass is 16.5. The first-order chi connectivity index (χ1) is 6.47. The van der Waals surface area contributed by atoms with E-state index in [9.17, 15) is 5.11 Å². The molecule has 14 heavy (non-hydrogen) atoms. The van der Waals surface area contributed by atoms with Gasteiger partial charge in [-0.15, -0.1) is 0 Å². The van der Waals surface area contributed by atoms with E-state index in [0.717, 1.165) is 5.56 Å². The number of aryl methyl sites for hydroxylation is 1. The second-order valence-electron chi connectivity index (χ2n) is 4.29. The highest BCUT2D eigenvalue weighted by molar-refractivity contribution is 5.20. The summed E-state index contributed by atoms with van der Waals surface area (Å²) in [7, 11) is 0. The molecule has 0 aliphatic rings. The highest BCUT2D eigenvalue weighted by Gasteiger charge is 2.11. The lowest BCUT2D eigenvalue weighted by Gasteiger charge is -2.16. The molecule has 0 amide bonds. The minimum atomic E-state index is -0.745. The summed E-state index contributed by atoms with van der Waals surface area (Å²) in [5.74, 6) is 0. The average Bonchev–Trinajstić information content (AvgIpc) is 2.06. The van der Waals surface area contributed by atoms with Gasteiger partial charge in [-0.05, 0) is 26.3 Å². The Morgan fingerprint density at radius 1 is 1.21 bits per heavy atom. The summed E-state index contributed by atoms with van der Waals surface area (Å²) in [4.78, 5) is 0. The number of hydrogen-bond acceptors (Lipinski definition) is 2. The van der Waals surface area contributed by atoms with Crippen LogP contribution in [0.15, 0.2) is 24.3 Å². The lowest BCUT2D eigenvalue weighted by Crippen LogP contribution is -2.25. The maximum atomic E-state index is 9.41. The summed E-state index contributed by atoms with van der Waals surface area (Å²) in [6.45, 7) is 6.46. The van der Waals surface area contributed by atoms with Gasteiger partial charge >= 0.3 is 0 Å². The highest BCUT2D eigenvalue weighted by Crippen LogP contribution is 2.07. The Bertz CT molecular complexity index is 269. The molecular formula is C12H18O2. The fourth-order valence-corrected chi connectivity index (χ4v) is 1.10. The molecule has 0 saturated heterocycles. The number of aliphatic hydroxyl groups is 1. The number of benzene rings is 1. The van der Waals surface area contributed by atoms with Gasteiger partial charge in [0.2, 0.25) is 0 Å². The van der Waals surface area contributed by atoms with Crippen LogP contribution in [0.1, 0.15) is 25.0 Å². The summed E-state index contributed by atoms with van der Waals surface area (Å²) in [6, 6.07) is 8.20. The molecule has 0 spiro atoms. The fourth-order valence-electron chi connectivity index (χ4n) is 1.10. The molecule has 0 saturated carbocycles. The molecule has 0 fully saturated rings. The molecule has 1 N–H and O–H groups in total. The lowest BCUT2D eigenvalue weighted by atomic mass is 10.1. The number of ether oxygens (including phenoxy) is 1. The largest absolute Gasteiger partial charge is 0.388 e. The summed E-state index contributed by atoms with van der Waals surface area (Å²) in [5.41, 5.74) is 1.64. The molecule has 0 radical (unpaired) electrons. The monoisotopic (exact) mass is 194 g/mol. The Hall–Kier alpha value is -0.860. The molecule has 0 unspecified atom stereocenters. The van der Waals surface area contributed by atoms with Crippen molar-refractivity contribution in [3.8, 4) is 0 Å². The van der Waals surface area contributed by atoms with E-state index in [2.05, 4.69) is 19.1 Å². The van der Waals surface area contributed by atoms with Gasteiger partial charge < -0.3 is 9.84 Å². The molecule has 0 bridgehead atoms. The molecule has 0 heterocycles. The van der Waals surface area contributed by atoms with Gasteiger partial charge in [0.15, 0.2) is 0 Å². The fraction of sp³-hybridized carbons (Fsp3) is 0.500. The quantitative estimate of drug-likeness (QED) is 0.796. The van der Waals surface area contributed by atoms with E-state index in [1.807, 2.05) is 12.1 Å². The van der Waals surface area contributed by atoms with E-state index in [0.29, 0.717) is 13.2 Å². The first kappa shape index (κ1) is 11.2. The van der Waals surface area contributed by atoms with Crippen LogP contribution in [0.3, 0.4) is 0 Å². The summed E-state index contributed by atoms with van der Waals surface area (Å²) in [6.07, 6.45) is 0. The van der Waals surface area contributed by atoms with E-state index in [4.69, 9.17) is 4.74 Å². The van der Waals surface area contributed by atoms with E-state index in [-0.39, 0.29) is 0 Å². The minimum absolute atomic E-state index is 0.362. The van der Waals surface area contributed by atoms with Crippen LogP contribution < -0.4 is 0 Å². The van der Waals surface area contributed by atoms with Crippen LogP contribution in [0, 0.1) is 6.92 Å². The zero-order valence-corrected chi connectivity index (χ0v) is 9.08. The van der Waals surface area contributed by atoms with E-state index < -0.39 is 5.60 Å². The molecule has 2 heteroatoms. The zero-order valence-electron chi connectivity index (χ0n) is 9.08. The van der Waals surface area contributed by atoms with Crippen molar-refractivity contribution in [1.82, 2.24) is 0 Å². The van der Waals surface area contributed by atoms with Crippen LogP contribution in [-0.4, -0.2) is 17.3 Å². The van der Waals surface area contributed by atoms with Crippen molar-refractivity contribution in [3.05, 3.63) is 35.4 Å². The van der Waals surface area contributed by atoms with E-state index >= 15 is 0 Å². The maximum absolute atomic E-state index is 9.41. The van der Waals surface area contributed by atoms with Gasteiger partial charge in [-0.1, -0.05) is 29.8 Å². The Kier molecular flexibility index (Phi) is 3.67. The van der Waals surface area contributed by atoms with Crippen LogP contribution in [0.2, 0.25) is 0 Å². The predicted octanol–water partition coefficient (Wildman–Crippen LogP) is 2.28. The van der Waals surface area contributed by atoms with Crippen molar-refractivity contribution in [2.45, 2.75) is 33.0 Å². The third-order valence-corrected chi connectivity index (χ3v) is 1.84. The molecule has 0 aliphatic carbocycles. The second kappa shape index (κ2) is 4.58. The maximum Gasteiger partial charge on any atom is 0.0824 e. The zero-order chi connectivity index (χ0) is 10.6. The molecule has 0 aliphatic heterocycles. The SMILES string of the molecule is Cc1ccc(COCC(C)(C)O)cc1. The van der Waals surface area contributed by atoms with Crippen molar-refractivity contribution >= 4 is 0 Å². The van der Waals surface area contributed by atoms with Crippen molar-refractivity contribution < 1.29 is 9.84 Å². The third-order valence-electron chi connectivity index (χ3n) is 1.84. The molecule has 0 aromatic heterocycles. The topological polar surface area (TPSA) is 29.5 Å². The molecule has 0 atom stereocenters. The van der Waals surface area contributed by atoms with Crippen molar-refractivity contribution in [3.63, 3.8) is 0 Å². The predicted molar refractivity (Wildman–Crippen MR) is 57.1 cm³/mol. The van der Waals surface area contributed by atoms with Crippen LogP contribution >= 0.6 is 0 Å². The molecule has 1 aromatic rings. The van der Waals surface area contributed by atoms with Gasteiger partial charge in [-0.25, -0.2) is 0 Å².